The van der Waals surface area contributed by atoms with Crippen LogP contribution in [0.5, 0.6) is 0 Å². The number of nitrogens with one attached hydrogen (secondary N) is 1. The molecule has 19 heavy (non-hydrogen) atoms. The zero-order valence-electron chi connectivity index (χ0n) is 12.1. The summed E-state index contributed by atoms with van der Waals surface area (Å²) in [6, 6.07) is 2.55. The molecular weight excluding hydrogens is 236 g/mol. The van der Waals surface area contributed by atoms with Crippen molar-refractivity contribution < 1.29 is 0 Å². The molecule has 1 unspecified atom stereocenters. The zero-order valence-corrected chi connectivity index (χ0v) is 12.1. The summed E-state index contributed by atoms with van der Waals surface area (Å²) >= 11 is 0. The number of aromatic nitrogens is 2. The quantitative estimate of drug-likeness (QED) is 0.635. The van der Waals surface area contributed by atoms with Gasteiger partial charge in [0.1, 0.15) is 0 Å². The summed E-state index contributed by atoms with van der Waals surface area (Å²) in [5, 5.41) is 4.23. The maximum absolute atomic E-state index is 5.80. The van der Waals surface area contributed by atoms with E-state index in [4.69, 9.17) is 5.84 Å². The average molecular weight is 264 g/mol. The minimum atomic E-state index is 0.452. The second-order valence-corrected chi connectivity index (χ2v) is 5.86. The number of hydrazine groups is 1. The van der Waals surface area contributed by atoms with Gasteiger partial charge in [-0.3, -0.25) is 16.0 Å². The van der Waals surface area contributed by atoms with Crippen LogP contribution in [0.2, 0.25) is 0 Å². The van der Waals surface area contributed by atoms with Gasteiger partial charge in [0, 0.05) is 25.0 Å². The molecular formula is C15H28N4. The lowest BCUT2D eigenvalue weighted by molar-refractivity contribution is 0.274. The molecule has 1 aromatic rings. The molecule has 1 heterocycles. The summed E-state index contributed by atoms with van der Waals surface area (Å²) in [6.07, 6.45) is 13.7. The molecule has 1 fully saturated rings. The fourth-order valence-electron chi connectivity index (χ4n) is 3.30. The van der Waals surface area contributed by atoms with Crippen molar-refractivity contribution in [2.24, 2.45) is 18.8 Å². The van der Waals surface area contributed by atoms with Crippen LogP contribution < -0.4 is 11.3 Å². The van der Waals surface area contributed by atoms with E-state index in [1.54, 1.807) is 0 Å². The predicted molar refractivity (Wildman–Crippen MR) is 78.4 cm³/mol. The molecule has 4 nitrogen and oxygen atoms in total. The van der Waals surface area contributed by atoms with Gasteiger partial charge in [-0.25, -0.2) is 0 Å². The average Bonchev–Trinajstić information content (AvgIpc) is 2.77. The minimum absolute atomic E-state index is 0.452. The molecule has 3 N–H and O–H groups in total. The summed E-state index contributed by atoms with van der Waals surface area (Å²) in [4.78, 5) is 0. The Morgan fingerprint density at radius 1 is 1.32 bits per heavy atom. The Hall–Kier alpha value is -0.870. The SMILES string of the molecule is Cn1nccc1CCC(NN)C1CCCCCCC1. The summed E-state index contributed by atoms with van der Waals surface area (Å²) in [5.74, 6) is 6.55. The predicted octanol–water partition coefficient (Wildman–Crippen LogP) is 2.55. The van der Waals surface area contributed by atoms with E-state index >= 15 is 0 Å². The summed E-state index contributed by atoms with van der Waals surface area (Å²) < 4.78 is 1.96. The lowest BCUT2D eigenvalue weighted by Gasteiger charge is -2.28. The van der Waals surface area contributed by atoms with Crippen molar-refractivity contribution in [1.29, 1.82) is 0 Å². The van der Waals surface area contributed by atoms with E-state index < -0.39 is 0 Å². The van der Waals surface area contributed by atoms with Gasteiger partial charge in [-0.1, -0.05) is 32.1 Å². The summed E-state index contributed by atoms with van der Waals surface area (Å²) in [6.45, 7) is 0. The standard InChI is InChI=1S/C15H28N4/c1-19-14(11-12-17-19)9-10-15(18-16)13-7-5-3-2-4-6-8-13/h11-13,15,18H,2-10,16H2,1H3. The fraction of sp³-hybridized carbons (Fsp3) is 0.800. The lowest BCUT2D eigenvalue weighted by Crippen LogP contribution is -2.41. The van der Waals surface area contributed by atoms with Gasteiger partial charge in [0.25, 0.3) is 0 Å². The molecule has 1 aliphatic rings. The second-order valence-electron chi connectivity index (χ2n) is 5.86. The third-order valence-corrected chi connectivity index (χ3v) is 4.57. The van der Waals surface area contributed by atoms with Gasteiger partial charge in [-0.2, -0.15) is 5.10 Å². The monoisotopic (exact) mass is 264 g/mol. The van der Waals surface area contributed by atoms with Crippen molar-refractivity contribution in [3.05, 3.63) is 18.0 Å². The molecule has 0 aromatic carbocycles. The van der Waals surface area contributed by atoms with Crippen molar-refractivity contribution in [2.45, 2.75) is 63.8 Å². The van der Waals surface area contributed by atoms with Crippen LogP contribution in [0.25, 0.3) is 0 Å². The third kappa shape index (κ3) is 4.32. The lowest BCUT2D eigenvalue weighted by atomic mass is 9.84. The Kier molecular flexibility index (Phi) is 5.86. The molecule has 0 saturated heterocycles. The Morgan fingerprint density at radius 3 is 2.58 bits per heavy atom. The van der Waals surface area contributed by atoms with E-state index in [9.17, 15) is 0 Å². The first-order chi connectivity index (χ1) is 9.31. The highest BCUT2D eigenvalue weighted by atomic mass is 15.3. The van der Waals surface area contributed by atoms with Crippen molar-refractivity contribution in [1.82, 2.24) is 15.2 Å². The fourth-order valence-corrected chi connectivity index (χ4v) is 3.30. The molecule has 0 radical (unpaired) electrons. The molecule has 0 bridgehead atoms. The van der Waals surface area contributed by atoms with Crippen LogP contribution in [0, 0.1) is 5.92 Å². The zero-order chi connectivity index (χ0) is 13.5. The van der Waals surface area contributed by atoms with Gasteiger partial charge in [0.15, 0.2) is 0 Å². The van der Waals surface area contributed by atoms with Crippen LogP contribution in [0.3, 0.4) is 0 Å². The van der Waals surface area contributed by atoms with Gasteiger partial charge in [-0.05, 0) is 37.7 Å². The first-order valence-corrected chi connectivity index (χ1v) is 7.74. The highest BCUT2D eigenvalue weighted by molar-refractivity contribution is 5.00. The van der Waals surface area contributed by atoms with Crippen molar-refractivity contribution in [2.75, 3.05) is 0 Å². The largest absolute Gasteiger partial charge is 0.273 e. The number of rotatable bonds is 5. The van der Waals surface area contributed by atoms with E-state index in [1.165, 1.54) is 50.6 Å². The molecule has 1 saturated carbocycles. The number of hydrogen-bond donors (Lipinski definition) is 2. The maximum Gasteiger partial charge on any atom is 0.0492 e. The maximum atomic E-state index is 5.80. The summed E-state index contributed by atoms with van der Waals surface area (Å²) in [7, 11) is 2.01. The molecule has 0 spiro atoms. The van der Waals surface area contributed by atoms with Crippen LogP contribution in [0.4, 0.5) is 0 Å². The number of hydrogen-bond acceptors (Lipinski definition) is 3. The van der Waals surface area contributed by atoms with Gasteiger partial charge in [-0.15, -0.1) is 0 Å². The molecule has 0 amide bonds. The number of nitrogens with zero attached hydrogens (tertiary/aromatic N) is 2. The van der Waals surface area contributed by atoms with E-state index in [1.807, 2.05) is 17.9 Å². The molecule has 1 aromatic heterocycles. The minimum Gasteiger partial charge on any atom is -0.273 e. The van der Waals surface area contributed by atoms with Gasteiger partial charge >= 0.3 is 0 Å². The molecule has 108 valence electrons. The van der Waals surface area contributed by atoms with Gasteiger partial charge in [0.2, 0.25) is 0 Å². The van der Waals surface area contributed by atoms with E-state index in [2.05, 4.69) is 16.6 Å². The molecule has 1 atom stereocenters. The highest BCUT2D eigenvalue weighted by Gasteiger charge is 2.21. The Morgan fingerprint density at radius 2 is 2.00 bits per heavy atom. The number of aryl methyl sites for hydroxylation is 2. The van der Waals surface area contributed by atoms with Crippen molar-refractivity contribution in [3.8, 4) is 0 Å². The van der Waals surface area contributed by atoms with Crippen LogP contribution in [-0.2, 0) is 13.5 Å². The summed E-state index contributed by atoms with van der Waals surface area (Å²) in [5.41, 5.74) is 4.37. The highest BCUT2D eigenvalue weighted by Crippen LogP contribution is 2.26. The Labute approximate surface area is 116 Å². The molecule has 2 rings (SSSR count). The van der Waals surface area contributed by atoms with E-state index in [0.717, 1.165) is 18.8 Å². The van der Waals surface area contributed by atoms with Gasteiger partial charge in [0.05, 0.1) is 0 Å². The van der Waals surface area contributed by atoms with Crippen molar-refractivity contribution >= 4 is 0 Å². The first kappa shape index (κ1) is 14.5. The van der Waals surface area contributed by atoms with E-state index in [0.29, 0.717) is 6.04 Å². The smallest absolute Gasteiger partial charge is 0.0492 e. The van der Waals surface area contributed by atoms with Crippen LogP contribution >= 0.6 is 0 Å². The normalized spacial score (nSPS) is 19.9. The van der Waals surface area contributed by atoms with Crippen LogP contribution in [0.15, 0.2) is 12.3 Å². The van der Waals surface area contributed by atoms with Gasteiger partial charge < -0.3 is 0 Å². The Bertz CT molecular complexity index is 353. The first-order valence-electron chi connectivity index (χ1n) is 7.74. The molecule has 0 aliphatic heterocycles. The van der Waals surface area contributed by atoms with Crippen LogP contribution in [-0.4, -0.2) is 15.8 Å². The third-order valence-electron chi connectivity index (χ3n) is 4.57. The van der Waals surface area contributed by atoms with E-state index in [-0.39, 0.29) is 0 Å². The molecule has 4 heteroatoms. The number of nitrogens with two attached hydrogens (primary N) is 1. The Balaban J connectivity index is 1.85. The topological polar surface area (TPSA) is 55.9 Å². The van der Waals surface area contributed by atoms with Crippen molar-refractivity contribution in [3.63, 3.8) is 0 Å². The second kappa shape index (κ2) is 7.65. The van der Waals surface area contributed by atoms with Crippen LogP contribution in [0.1, 0.15) is 57.1 Å². The molecule has 1 aliphatic carbocycles.